The highest BCUT2D eigenvalue weighted by atomic mass is 16.2. The molecule has 5 heteroatoms. The number of benzene rings is 1. The first kappa shape index (κ1) is 16.1. The van der Waals surface area contributed by atoms with Gasteiger partial charge < -0.3 is 15.2 Å². The number of aryl methyl sites for hydroxylation is 1. The fourth-order valence-corrected chi connectivity index (χ4v) is 2.54. The first-order valence-corrected chi connectivity index (χ1v) is 7.56. The van der Waals surface area contributed by atoms with E-state index in [0.717, 1.165) is 5.56 Å². The van der Waals surface area contributed by atoms with E-state index in [2.05, 4.69) is 41.6 Å². The molecule has 2 rings (SSSR count). The number of carbonyl (C=O) groups excluding carboxylic acids is 1. The van der Waals surface area contributed by atoms with Gasteiger partial charge in [-0.1, -0.05) is 18.2 Å². The van der Waals surface area contributed by atoms with Crippen LogP contribution in [0.3, 0.4) is 0 Å². The molecule has 22 heavy (non-hydrogen) atoms. The van der Waals surface area contributed by atoms with E-state index in [1.54, 1.807) is 12.5 Å². The van der Waals surface area contributed by atoms with Gasteiger partial charge in [0.1, 0.15) is 0 Å². The summed E-state index contributed by atoms with van der Waals surface area (Å²) in [5, 5.41) is 5.95. The molecule has 2 atom stereocenters. The van der Waals surface area contributed by atoms with Gasteiger partial charge in [0.25, 0.3) is 0 Å². The molecule has 0 fully saturated rings. The van der Waals surface area contributed by atoms with Crippen molar-refractivity contribution >= 4 is 6.03 Å². The molecule has 0 aliphatic heterocycles. The lowest BCUT2D eigenvalue weighted by Gasteiger charge is -2.20. The summed E-state index contributed by atoms with van der Waals surface area (Å²) in [6.07, 6.45) is 5.36. The fourth-order valence-electron chi connectivity index (χ4n) is 2.54. The first-order chi connectivity index (χ1) is 10.5. The van der Waals surface area contributed by atoms with E-state index >= 15 is 0 Å². The van der Waals surface area contributed by atoms with Crippen LogP contribution in [0.2, 0.25) is 0 Å². The van der Waals surface area contributed by atoms with E-state index in [0.29, 0.717) is 6.54 Å². The Morgan fingerprint density at radius 1 is 1.27 bits per heavy atom. The number of imidazole rings is 1. The molecule has 0 spiro atoms. The van der Waals surface area contributed by atoms with Gasteiger partial charge in [0.05, 0.1) is 12.4 Å². The number of aromatic nitrogens is 2. The Balaban J connectivity index is 1.89. The van der Waals surface area contributed by atoms with E-state index in [-0.39, 0.29) is 18.1 Å². The van der Waals surface area contributed by atoms with Crippen LogP contribution >= 0.6 is 0 Å². The molecule has 0 radical (unpaired) electrons. The maximum atomic E-state index is 12.1. The molecular formula is C17H24N4O. The van der Waals surface area contributed by atoms with E-state index < -0.39 is 0 Å². The Labute approximate surface area is 131 Å². The number of amides is 2. The molecule has 2 amide bonds. The van der Waals surface area contributed by atoms with Gasteiger partial charge in [-0.25, -0.2) is 9.78 Å². The Morgan fingerprint density at radius 3 is 2.73 bits per heavy atom. The fraction of sp³-hybridized carbons (Fsp3) is 0.412. The zero-order chi connectivity index (χ0) is 16.1. The summed E-state index contributed by atoms with van der Waals surface area (Å²) in [7, 11) is 0. The number of rotatable bonds is 5. The van der Waals surface area contributed by atoms with Crippen LogP contribution in [0.15, 0.2) is 36.9 Å². The van der Waals surface area contributed by atoms with Crippen molar-refractivity contribution in [1.82, 2.24) is 20.2 Å². The van der Waals surface area contributed by atoms with Crippen LogP contribution in [0.5, 0.6) is 0 Å². The minimum absolute atomic E-state index is 0.0275. The molecular weight excluding hydrogens is 276 g/mol. The van der Waals surface area contributed by atoms with Crippen molar-refractivity contribution in [1.29, 1.82) is 0 Å². The normalized spacial score (nSPS) is 13.5. The molecule has 0 saturated heterocycles. The van der Waals surface area contributed by atoms with Crippen molar-refractivity contribution in [3.05, 3.63) is 53.6 Å². The van der Waals surface area contributed by atoms with Crippen molar-refractivity contribution in [3.63, 3.8) is 0 Å². The number of hydrogen-bond acceptors (Lipinski definition) is 2. The Hall–Kier alpha value is -2.30. The zero-order valence-electron chi connectivity index (χ0n) is 13.6. The van der Waals surface area contributed by atoms with Crippen LogP contribution in [0, 0.1) is 13.8 Å². The van der Waals surface area contributed by atoms with E-state index in [1.165, 1.54) is 11.1 Å². The molecule has 118 valence electrons. The summed E-state index contributed by atoms with van der Waals surface area (Å²) >= 11 is 0. The smallest absolute Gasteiger partial charge is 0.315 e. The third-order valence-corrected chi connectivity index (χ3v) is 3.88. The van der Waals surface area contributed by atoms with Crippen molar-refractivity contribution in [2.24, 2.45) is 0 Å². The maximum Gasteiger partial charge on any atom is 0.315 e. The largest absolute Gasteiger partial charge is 0.335 e. The summed E-state index contributed by atoms with van der Waals surface area (Å²) < 4.78 is 1.94. The molecule has 5 nitrogen and oxygen atoms in total. The van der Waals surface area contributed by atoms with Crippen LogP contribution < -0.4 is 10.6 Å². The number of nitrogens with one attached hydrogen (secondary N) is 2. The van der Waals surface area contributed by atoms with Crippen LogP contribution in [0.4, 0.5) is 4.79 Å². The Bertz CT molecular complexity index is 622. The third-order valence-electron chi connectivity index (χ3n) is 3.88. The first-order valence-electron chi connectivity index (χ1n) is 7.56. The molecule has 1 heterocycles. The average molecular weight is 300 g/mol. The molecule has 0 unspecified atom stereocenters. The second-order valence-electron chi connectivity index (χ2n) is 5.79. The summed E-state index contributed by atoms with van der Waals surface area (Å²) in [4.78, 5) is 16.1. The molecule has 0 saturated carbocycles. The highest BCUT2D eigenvalue weighted by Crippen LogP contribution is 2.19. The molecule has 0 bridgehead atoms. The minimum atomic E-state index is -0.152. The van der Waals surface area contributed by atoms with Crippen molar-refractivity contribution in [3.8, 4) is 0 Å². The van der Waals surface area contributed by atoms with E-state index in [4.69, 9.17) is 0 Å². The zero-order valence-corrected chi connectivity index (χ0v) is 13.6. The number of urea groups is 1. The van der Waals surface area contributed by atoms with E-state index in [1.807, 2.05) is 30.7 Å². The van der Waals surface area contributed by atoms with Gasteiger partial charge in [-0.15, -0.1) is 0 Å². The summed E-state index contributed by atoms with van der Waals surface area (Å²) in [6.45, 7) is 8.84. The van der Waals surface area contributed by atoms with Crippen LogP contribution in [0.25, 0.3) is 0 Å². The lowest BCUT2D eigenvalue weighted by Crippen LogP contribution is -2.43. The Morgan fingerprint density at radius 2 is 2.05 bits per heavy atom. The van der Waals surface area contributed by atoms with Gasteiger partial charge in [0, 0.05) is 25.0 Å². The van der Waals surface area contributed by atoms with Crippen LogP contribution in [-0.2, 0) is 6.54 Å². The topological polar surface area (TPSA) is 59.0 Å². The number of carbonyl (C=O) groups is 1. The second-order valence-corrected chi connectivity index (χ2v) is 5.79. The summed E-state index contributed by atoms with van der Waals surface area (Å²) in [5.74, 6) is 0. The lowest BCUT2D eigenvalue weighted by atomic mass is 9.98. The maximum absolute atomic E-state index is 12.1. The van der Waals surface area contributed by atoms with Gasteiger partial charge in [0.2, 0.25) is 0 Å². The Kier molecular flexibility index (Phi) is 5.20. The molecule has 2 aromatic rings. The van der Waals surface area contributed by atoms with Crippen molar-refractivity contribution in [2.45, 2.75) is 46.3 Å². The highest BCUT2D eigenvalue weighted by molar-refractivity contribution is 5.74. The lowest BCUT2D eigenvalue weighted by molar-refractivity contribution is 0.233. The van der Waals surface area contributed by atoms with Crippen LogP contribution in [0.1, 0.15) is 36.6 Å². The monoisotopic (exact) mass is 300 g/mol. The average Bonchev–Trinajstić information content (AvgIpc) is 2.94. The van der Waals surface area contributed by atoms with Crippen molar-refractivity contribution in [2.75, 3.05) is 0 Å². The number of hydrogen-bond donors (Lipinski definition) is 2. The van der Waals surface area contributed by atoms with Gasteiger partial charge in [0.15, 0.2) is 0 Å². The third kappa shape index (κ3) is 4.10. The molecule has 1 aromatic carbocycles. The van der Waals surface area contributed by atoms with Gasteiger partial charge >= 0.3 is 6.03 Å². The SMILES string of the molecule is Cc1cccc([C@H](C)NC(=O)N[C@@H](C)Cn2ccnc2)c1C. The van der Waals surface area contributed by atoms with Crippen LogP contribution in [-0.4, -0.2) is 21.6 Å². The van der Waals surface area contributed by atoms with Gasteiger partial charge in [-0.3, -0.25) is 0 Å². The van der Waals surface area contributed by atoms with Gasteiger partial charge in [-0.05, 0) is 44.4 Å². The minimum Gasteiger partial charge on any atom is -0.335 e. The second kappa shape index (κ2) is 7.11. The summed E-state index contributed by atoms with van der Waals surface area (Å²) in [6, 6.07) is 6.01. The molecule has 1 aromatic heterocycles. The van der Waals surface area contributed by atoms with E-state index in [9.17, 15) is 4.79 Å². The number of nitrogens with zero attached hydrogens (tertiary/aromatic N) is 2. The standard InChI is InChI=1S/C17H24N4O/c1-12-6-5-7-16(14(12)3)15(4)20-17(22)19-13(2)10-21-9-8-18-11-21/h5-9,11,13,15H,10H2,1-4H3,(H2,19,20,22)/t13-,15-/m0/s1. The quantitative estimate of drug-likeness (QED) is 0.892. The van der Waals surface area contributed by atoms with Crippen molar-refractivity contribution < 1.29 is 4.79 Å². The predicted molar refractivity (Wildman–Crippen MR) is 87.7 cm³/mol. The summed E-state index contributed by atoms with van der Waals surface area (Å²) in [5.41, 5.74) is 3.61. The molecule has 0 aliphatic carbocycles. The highest BCUT2D eigenvalue weighted by Gasteiger charge is 2.14. The molecule has 2 N–H and O–H groups in total. The van der Waals surface area contributed by atoms with Gasteiger partial charge in [-0.2, -0.15) is 0 Å². The molecule has 0 aliphatic rings. The predicted octanol–water partition coefficient (Wildman–Crippen LogP) is 2.95.